The zero-order valence-electron chi connectivity index (χ0n) is 9.01. The van der Waals surface area contributed by atoms with E-state index in [1.807, 2.05) is 13.8 Å². The van der Waals surface area contributed by atoms with Crippen molar-refractivity contribution >= 4 is 15.3 Å². The van der Waals surface area contributed by atoms with Crippen LogP contribution in [0.15, 0.2) is 4.99 Å². The molecular weight excluding hydrogens is 182 g/mol. The summed E-state index contributed by atoms with van der Waals surface area (Å²) in [5, 5.41) is 0. The second kappa shape index (κ2) is 7.23. The van der Waals surface area contributed by atoms with Crippen molar-refractivity contribution in [2.75, 3.05) is 19.8 Å². The lowest BCUT2D eigenvalue weighted by Gasteiger charge is -2.25. The summed E-state index contributed by atoms with van der Waals surface area (Å²) < 4.78 is 11.3. The second-order valence-corrected chi connectivity index (χ2v) is 6.40. The van der Waals surface area contributed by atoms with Crippen molar-refractivity contribution in [2.45, 2.75) is 32.9 Å². The number of hydrogen-bond acceptors (Lipinski definition) is 3. The van der Waals surface area contributed by atoms with E-state index in [9.17, 15) is 0 Å². The maximum atomic E-state index is 5.67. The molecule has 0 unspecified atom stereocenters. The van der Waals surface area contributed by atoms with Gasteiger partial charge in [-0.3, -0.25) is 0 Å². The molecule has 0 radical (unpaired) electrons. The van der Waals surface area contributed by atoms with Gasteiger partial charge in [-0.05, 0) is 39.6 Å². The van der Waals surface area contributed by atoms with E-state index in [0.717, 1.165) is 32.2 Å². The van der Waals surface area contributed by atoms with Crippen molar-refractivity contribution in [3.63, 3.8) is 0 Å². The molecule has 0 heterocycles. The van der Waals surface area contributed by atoms with Gasteiger partial charge >= 0.3 is 8.56 Å². The monoisotopic (exact) mass is 203 g/mol. The summed E-state index contributed by atoms with van der Waals surface area (Å²) in [6.07, 6.45) is 1.02. The largest absolute Gasteiger partial charge is 0.395 e. The van der Waals surface area contributed by atoms with Crippen LogP contribution in [0.3, 0.4) is 0 Å². The van der Waals surface area contributed by atoms with E-state index < -0.39 is 8.56 Å². The molecule has 4 heteroatoms. The van der Waals surface area contributed by atoms with Crippen LogP contribution >= 0.6 is 0 Å². The standard InChI is InChI=1S/C9H21NO2Si/c1-5-11-13(4,12-6-2)9-7-8-10-3/h3,5-9H2,1-2,4H3. The van der Waals surface area contributed by atoms with Crippen molar-refractivity contribution < 1.29 is 8.85 Å². The van der Waals surface area contributed by atoms with Gasteiger partial charge < -0.3 is 13.8 Å². The van der Waals surface area contributed by atoms with E-state index in [4.69, 9.17) is 8.85 Å². The molecule has 0 fully saturated rings. The van der Waals surface area contributed by atoms with Crippen LogP contribution in [0.4, 0.5) is 0 Å². The maximum absolute atomic E-state index is 5.67. The minimum Gasteiger partial charge on any atom is -0.395 e. The van der Waals surface area contributed by atoms with E-state index in [-0.39, 0.29) is 0 Å². The van der Waals surface area contributed by atoms with Crippen LogP contribution in [0.1, 0.15) is 20.3 Å². The number of nitrogens with zero attached hydrogens (tertiary/aromatic N) is 1. The van der Waals surface area contributed by atoms with Crippen LogP contribution in [-0.2, 0) is 8.85 Å². The molecule has 13 heavy (non-hydrogen) atoms. The normalized spacial score (nSPS) is 11.6. The highest BCUT2D eigenvalue weighted by atomic mass is 28.4. The third-order valence-electron chi connectivity index (χ3n) is 1.85. The van der Waals surface area contributed by atoms with Gasteiger partial charge in [-0.2, -0.15) is 0 Å². The second-order valence-electron chi connectivity index (χ2n) is 3.05. The van der Waals surface area contributed by atoms with Gasteiger partial charge in [0.2, 0.25) is 0 Å². The van der Waals surface area contributed by atoms with Gasteiger partial charge in [0.25, 0.3) is 0 Å². The van der Waals surface area contributed by atoms with Gasteiger partial charge in [-0.25, -0.2) is 0 Å². The molecule has 0 saturated carbocycles. The van der Waals surface area contributed by atoms with Crippen molar-refractivity contribution in [3.05, 3.63) is 0 Å². The predicted molar refractivity (Wildman–Crippen MR) is 58.7 cm³/mol. The van der Waals surface area contributed by atoms with Crippen LogP contribution in [0.5, 0.6) is 0 Å². The zero-order valence-corrected chi connectivity index (χ0v) is 10.0. The molecule has 0 spiro atoms. The minimum absolute atomic E-state index is 0.740. The van der Waals surface area contributed by atoms with Gasteiger partial charge in [0.1, 0.15) is 0 Å². The summed E-state index contributed by atoms with van der Waals surface area (Å²) in [6.45, 7) is 11.9. The smallest absolute Gasteiger partial charge is 0.334 e. The summed E-state index contributed by atoms with van der Waals surface area (Å²) in [5.74, 6) is 0. The van der Waals surface area contributed by atoms with Crippen molar-refractivity contribution in [3.8, 4) is 0 Å². The Labute approximate surface area is 82.4 Å². The summed E-state index contributed by atoms with van der Waals surface area (Å²) in [7, 11) is -1.87. The molecule has 0 N–H and O–H groups in total. The highest BCUT2D eigenvalue weighted by Gasteiger charge is 2.29. The number of hydrogen-bond donors (Lipinski definition) is 0. The Morgan fingerprint density at radius 1 is 1.23 bits per heavy atom. The molecule has 0 aliphatic carbocycles. The molecule has 78 valence electrons. The first kappa shape index (κ1) is 12.8. The minimum atomic E-state index is -1.87. The first-order chi connectivity index (χ1) is 6.18. The summed E-state index contributed by atoms with van der Waals surface area (Å²) in [4.78, 5) is 3.82. The predicted octanol–water partition coefficient (Wildman–Crippen LogP) is 2.22. The third kappa shape index (κ3) is 5.96. The lowest BCUT2D eigenvalue weighted by molar-refractivity contribution is 0.188. The zero-order chi connectivity index (χ0) is 10.2. The average Bonchev–Trinajstić information content (AvgIpc) is 2.05. The van der Waals surface area contributed by atoms with Crippen LogP contribution in [0.2, 0.25) is 12.6 Å². The molecule has 0 aromatic rings. The van der Waals surface area contributed by atoms with Gasteiger partial charge in [0, 0.05) is 19.8 Å². The van der Waals surface area contributed by atoms with Gasteiger partial charge in [0.05, 0.1) is 0 Å². The first-order valence-electron chi connectivity index (χ1n) is 4.89. The molecule has 0 aromatic carbocycles. The van der Waals surface area contributed by atoms with Gasteiger partial charge in [-0.15, -0.1) is 0 Å². The molecule has 0 saturated heterocycles. The molecule has 0 rings (SSSR count). The first-order valence-corrected chi connectivity index (χ1v) is 7.41. The quantitative estimate of drug-likeness (QED) is 0.344. The maximum Gasteiger partial charge on any atom is 0.334 e. The van der Waals surface area contributed by atoms with Crippen LogP contribution in [-0.4, -0.2) is 35.0 Å². The lowest BCUT2D eigenvalue weighted by Crippen LogP contribution is -2.38. The Balaban J connectivity index is 3.83. The van der Waals surface area contributed by atoms with E-state index >= 15 is 0 Å². The highest BCUT2D eigenvalue weighted by molar-refractivity contribution is 6.66. The van der Waals surface area contributed by atoms with Crippen molar-refractivity contribution in [2.24, 2.45) is 4.99 Å². The average molecular weight is 203 g/mol. The molecule has 0 atom stereocenters. The SMILES string of the molecule is C=NCCC[Si](C)(OCC)OCC. The summed E-state index contributed by atoms with van der Waals surface area (Å²) >= 11 is 0. The Morgan fingerprint density at radius 2 is 1.77 bits per heavy atom. The van der Waals surface area contributed by atoms with Crippen molar-refractivity contribution in [1.29, 1.82) is 0 Å². The molecule has 0 bridgehead atoms. The Bertz CT molecular complexity index is 136. The van der Waals surface area contributed by atoms with Crippen LogP contribution in [0.25, 0.3) is 0 Å². The summed E-state index contributed by atoms with van der Waals surface area (Å²) in [6, 6.07) is 1.01. The highest BCUT2D eigenvalue weighted by Crippen LogP contribution is 2.15. The molecule has 0 aromatic heterocycles. The third-order valence-corrected chi connectivity index (χ3v) is 4.91. The van der Waals surface area contributed by atoms with Crippen LogP contribution in [0, 0.1) is 0 Å². The van der Waals surface area contributed by atoms with Crippen molar-refractivity contribution in [1.82, 2.24) is 0 Å². The lowest BCUT2D eigenvalue weighted by atomic mass is 10.5. The number of rotatable bonds is 8. The molecular formula is C9H21NO2Si. The van der Waals surface area contributed by atoms with E-state index in [1.54, 1.807) is 0 Å². The number of aliphatic imine (C=N–C) groups is 1. The van der Waals surface area contributed by atoms with Gasteiger partial charge in [-0.1, -0.05) is 0 Å². The van der Waals surface area contributed by atoms with Gasteiger partial charge in [0.15, 0.2) is 0 Å². The van der Waals surface area contributed by atoms with E-state index in [1.165, 1.54) is 0 Å². The molecule has 3 nitrogen and oxygen atoms in total. The van der Waals surface area contributed by atoms with Crippen LogP contribution < -0.4 is 0 Å². The fourth-order valence-electron chi connectivity index (χ4n) is 1.31. The fraction of sp³-hybridized carbons (Fsp3) is 0.889. The van der Waals surface area contributed by atoms with E-state index in [0.29, 0.717) is 0 Å². The topological polar surface area (TPSA) is 30.8 Å². The molecule has 0 aliphatic heterocycles. The fourth-order valence-corrected chi connectivity index (χ4v) is 3.70. The molecule has 0 amide bonds. The summed E-state index contributed by atoms with van der Waals surface area (Å²) in [5.41, 5.74) is 0. The van der Waals surface area contributed by atoms with E-state index in [2.05, 4.69) is 18.3 Å². The Hall–Kier alpha value is -0.193. The Kier molecular flexibility index (Phi) is 7.13. The molecule has 0 aliphatic rings. The Morgan fingerprint density at radius 3 is 2.15 bits per heavy atom.